The van der Waals surface area contributed by atoms with E-state index in [1.54, 1.807) is 24.3 Å². The highest BCUT2D eigenvalue weighted by Gasteiger charge is 2.36. The molecule has 0 saturated heterocycles. The lowest BCUT2D eigenvalue weighted by Crippen LogP contribution is -2.35. The third-order valence-electron chi connectivity index (χ3n) is 3.47. The summed E-state index contributed by atoms with van der Waals surface area (Å²) in [6.45, 7) is 0.141. The number of benzene rings is 2. The number of fused-ring (bicyclic) bond motifs is 1. The second-order valence-electron chi connectivity index (χ2n) is 4.81. The van der Waals surface area contributed by atoms with Crippen LogP contribution in [0.2, 0.25) is 0 Å². The minimum Gasteiger partial charge on any atom is -0.297 e. The Morgan fingerprint density at radius 3 is 2.32 bits per heavy atom. The van der Waals surface area contributed by atoms with Crippen molar-refractivity contribution in [2.45, 2.75) is 6.54 Å². The molecule has 0 amide bonds. The number of allylic oxidation sites excluding steroid dienone is 1. The van der Waals surface area contributed by atoms with Crippen LogP contribution in [-0.4, -0.2) is 14.7 Å². The Bertz CT molecular complexity index is 860. The van der Waals surface area contributed by atoms with E-state index in [0.717, 1.165) is 5.56 Å². The molecule has 2 aromatic rings. The molecule has 3 rings (SSSR count). The lowest BCUT2D eigenvalue weighted by molar-refractivity contribution is -0.104. The summed E-state index contributed by atoms with van der Waals surface area (Å²) in [5.74, 6) is 0. The highest BCUT2D eigenvalue weighted by molar-refractivity contribution is 7.97. The van der Waals surface area contributed by atoms with Gasteiger partial charge in [0.2, 0.25) is 0 Å². The second-order valence-corrected chi connectivity index (χ2v) is 7.02. The largest absolute Gasteiger partial charge is 0.297 e. The molecule has 0 saturated carbocycles. The highest BCUT2D eigenvalue weighted by atomic mass is 35.5. The zero-order chi connectivity index (χ0) is 15.7. The van der Waals surface area contributed by atoms with Gasteiger partial charge in [0.05, 0.1) is 17.3 Å². The Kier molecular flexibility index (Phi) is 3.76. The lowest BCUT2D eigenvalue weighted by atomic mass is 10.1. The minimum atomic E-state index is -3.96. The quantitative estimate of drug-likeness (QED) is 0.811. The van der Waals surface area contributed by atoms with Gasteiger partial charge in [-0.15, -0.1) is 0 Å². The van der Waals surface area contributed by atoms with E-state index in [2.05, 4.69) is 0 Å². The molecule has 0 bridgehead atoms. The zero-order valence-corrected chi connectivity index (χ0v) is 13.0. The average molecular weight is 334 g/mol. The SMILES string of the molecule is O=CC1=C(Cl)c2ccccc2N(Cc2ccccc2)S1(=O)=O. The summed E-state index contributed by atoms with van der Waals surface area (Å²) in [4.78, 5) is 10.8. The number of sulfonamides is 1. The van der Waals surface area contributed by atoms with Crippen LogP contribution >= 0.6 is 11.6 Å². The Morgan fingerprint density at radius 2 is 1.64 bits per heavy atom. The molecule has 6 heteroatoms. The van der Waals surface area contributed by atoms with Gasteiger partial charge < -0.3 is 0 Å². The summed E-state index contributed by atoms with van der Waals surface area (Å²) >= 11 is 6.11. The number of hydrogen-bond acceptors (Lipinski definition) is 3. The number of anilines is 1. The number of aldehydes is 1. The van der Waals surface area contributed by atoms with Crippen molar-refractivity contribution in [3.63, 3.8) is 0 Å². The molecule has 22 heavy (non-hydrogen) atoms. The minimum absolute atomic E-state index is 0.0325. The Balaban J connectivity index is 2.19. The first-order valence-electron chi connectivity index (χ1n) is 6.56. The normalized spacial score (nSPS) is 16.3. The van der Waals surface area contributed by atoms with Crippen molar-refractivity contribution in [3.05, 3.63) is 70.6 Å². The van der Waals surface area contributed by atoms with E-state index in [0.29, 0.717) is 17.5 Å². The van der Waals surface area contributed by atoms with Crippen LogP contribution in [0.15, 0.2) is 59.5 Å². The van der Waals surface area contributed by atoms with Crippen molar-refractivity contribution < 1.29 is 13.2 Å². The van der Waals surface area contributed by atoms with E-state index in [4.69, 9.17) is 11.6 Å². The molecule has 0 unspecified atom stereocenters. The Morgan fingerprint density at radius 1 is 1.00 bits per heavy atom. The van der Waals surface area contributed by atoms with E-state index in [-0.39, 0.29) is 11.6 Å². The first kappa shape index (κ1) is 14.8. The van der Waals surface area contributed by atoms with Crippen LogP contribution < -0.4 is 4.31 Å². The number of carbonyl (C=O) groups excluding carboxylic acids is 1. The second kappa shape index (κ2) is 5.59. The molecule has 0 aliphatic carbocycles. The maximum absolute atomic E-state index is 12.7. The van der Waals surface area contributed by atoms with Gasteiger partial charge in [0, 0.05) is 5.56 Å². The van der Waals surface area contributed by atoms with E-state index in [1.165, 1.54) is 4.31 Å². The summed E-state index contributed by atoms with van der Waals surface area (Å²) < 4.78 is 26.6. The van der Waals surface area contributed by atoms with Gasteiger partial charge in [-0.05, 0) is 11.6 Å². The first-order valence-corrected chi connectivity index (χ1v) is 8.38. The first-order chi connectivity index (χ1) is 10.6. The molecule has 0 N–H and O–H groups in total. The summed E-state index contributed by atoms with van der Waals surface area (Å²) in [5, 5.41) is -0.0325. The van der Waals surface area contributed by atoms with E-state index in [9.17, 15) is 13.2 Å². The summed E-state index contributed by atoms with van der Waals surface area (Å²) in [7, 11) is -3.96. The zero-order valence-electron chi connectivity index (χ0n) is 11.4. The fourth-order valence-corrected chi connectivity index (χ4v) is 4.33. The highest BCUT2D eigenvalue weighted by Crippen LogP contribution is 2.41. The van der Waals surface area contributed by atoms with Crippen LogP contribution in [0.4, 0.5) is 5.69 Å². The van der Waals surface area contributed by atoms with E-state index < -0.39 is 14.9 Å². The Labute approximate surface area is 133 Å². The van der Waals surface area contributed by atoms with Gasteiger partial charge in [-0.1, -0.05) is 60.1 Å². The fourth-order valence-electron chi connectivity index (χ4n) is 2.40. The molecule has 4 nitrogen and oxygen atoms in total. The number of rotatable bonds is 3. The monoisotopic (exact) mass is 333 g/mol. The number of nitrogens with zero attached hydrogens (tertiary/aromatic N) is 1. The van der Waals surface area contributed by atoms with Crippen LogP contribution in [0, 0.1) is 0 Å². The van der Waals surface area contributed by atoms with Crippen LogP contribution in [0.3, 0.4) is 0 Å². The van der Waals surface area contributed by atoms with Gasteiger partial charge in [0.1, 0.15) is 4.91 Å². The van der Waals surface area contributed by atoms with Crippen LogP contribution in [-0.2, 0) is 21.4 Å². The number of halogens is 1. The molecule has 0 fully saturated rings. The molecule has 0 spiro atoms. The number of carbonyl (C=O) groups is 1. The molecule has 1 aliphatic heterocycles. The number of hydrogen-bond donors (Lipinski definition) is 0. The van der Waals surface area contributed by atoms with Crippen molar-refractivity contribution >= 4 is 38.6 Å². The standard InChI is InChI=1S/C16H12ClNO3S/c17-16-13-8-4-5-9-14(13)18(22(20,21)15(16)11-19)10-12-6-2-1-3-7-12/h1-9,11H,10H2. The maximum atomic E-state index is 12.7. The van der Waals surface area contributed by atoms with Crippen LogP contribution in [0.25, 0.3) is 5.03 Å². The molecule has 2 aromatic carbocycles. The molecule has 0 aromatic heterocycles. The van der Waals surface area contributed by atoms with Crippen molar-refractivity contribution in [3.8, 4) is 0 Å². The van der Waals surface area contributed by atoms with Gasteiger partial charge in [0.15, 0.2) is 6.29 Å². The van der Waals surface area contributed by atoms with Crippen molar-refractivity contribution in [2.75, 3.05) is 4.31 Å². The fraction of sp³-hybridized carbons (Fsp3) is 0.0625. The number of para-hydroxylation sites is 1. The lowest BCUT2D eigenvalue weighted by Gasteiger charge is -2.30. The average Bonchev–Trinajstić information content (AvgIpc) is 2.53. The van der Waals surface area contributed by atoms with Crippen LogP contribution in [0.5, 0.6) is 0 Å². The van der Waals surface area contributed by atoms with Gasteiger partial charge in [-0.2, -0.15) is 0 Å². The molecular formula is C16H12ClNO3S. The third kappa shape index (κ3) is 2.32. The topological polar surface area (TPSA) is 54.5 Å². The van der Waals surface area contributed by atoms with Gasteiger partial charge >= 0.3 is 0 Å². The molecule has 1 aliphatic rings. The van der Waals surface area contributed by atoms with Crippen molar-refractivity contribution in [2.24, 2.45) is 0 Å². The van der Waals surface area contributed by atoms with Gasteiger partial charge in [-0.25, -0.2) is 8.42 Å². The van der Waals surface area contributed by atoms with Crippen molar-refractivity contribution in [1.29, 1.82) is 0 Å². The molecule has 0 atom stereocenters. The Hall–Kier alpha value is -2.11. The summed E-state index contributed by atoms with van der Waals surface area (Å²) in [6.07, 6.45) is 0.297. The predicted molar refractivity (Wildman–Crippen MR) is 86.8 cm³/mol. The van der Waals surface area contributed by atoms with E-state index in [1.807, 2.05) is 30.3 Å². The van der Waals surface area contributed by atoms with Crippen LogP contribution in [0.1, 0.15) is 11.1 Å². The molecular weight excluding hydrogens is 322 g/mol. The smallest absolute Gasteiger partial charge is 0.269 e. The summed E-state index contributed by atoms with van der Waals surface area (Å²) in [5.41, 5.74) is 1.84. The van der Waals surface area contributed by atoms with Gasteiger partial charge in [-0.3, -0.25) is 9.10 Å². The van der Waals surface area contributed by atoms with E-state index >= 15 is 0 Å². The van der Waals surface area contributed by atoms with Crippen molar-refractivity contribution in [1.82, 2.24) is 0 Å². The predicted octanol–water partition coefficient (Wildman–Crippen LogP) is 3.14. The summed E-state index contributed by atoms with van der Waals surface area (Å²) in [6, 6.07) is 16.1. The molecule has 112 valence electrons. The maximum Gasteiger partial charge on any atom is 0.269 e. The molecule has 1 heterocycles. The molecule has 0 radical (unpaired) electrons. The van der Waals surface area contributed by atoms with Gasteiger partial charge in [0.25, 0.3) is 10.0 Å². The third-order valence-corrected chi connectivity index (χ3v) is 5.75.